The summed E-state index contributed by atoms with van der Waals surface area (Å²) in [6.45, 7) is 0.536. The van der Waals surface area contributed by atoms with Gasteiger partial charge in [-0.25, -0.2) is 9.78 Å². The van der Waals surface area contributed by atoms with Gasteiger partial charge in [-0.15, -0.1) is 0 Å². The quantitative estimate of drug-likeness (QED) is 0.558. The van der Waals surface area contributed by atoms with Gasteiger partial charge in [0.2, 0.25) is 5.91 Å². The smallest absolute Gasteiger partial charge is 0.356 e. The number of rotatable bonds is 3. The van der Waals surface area contributed by atoms with Crippen LogP contribution in [0.1, 0.15) is 6.42 Å². The van der Waals surface area contributed by atoms with Crippen molar-refractivity contribution in [2.45, 2.75) is 18.5 Å². The number of hydrogen-bond acceptors (Lipinski definition) is 6. The Morgan fingerprint density at radius 2 is 2.19 bits per heavy atom. The number of aromatic nitrogens is 1. The number of pyridine rings is 1. The molecule has 9 heteroatoms. The zero-order chi connectivity index (χ0) is 18.4. The standard InChI is InChI=1S/C17H16N4O5/c18-13-10-8-26-11(14(17(24)25)21(10)16(13)23)7-9-4-6-20(15(9)22)12-3-1-2-5-19-12/h1-3,5,7,10,13H,4,6,8,18H2,(H,24,25)/t10-,13+/m1/s1. The highest BCUT2D eigenvalue weighted by Crippen LogP contribution is 2.33. The second kappa shape index (κ2) is 5.95. The molecule has 2 fully saturated rings. The third-order valence-electron chi connectivity index (χ3n) is 4.71. The Balaban J connectivity index is 1.66. The third-order valence-corrected chi connectivity index (χ3v) is 4.71. The number of hydrogen-bond donors (Lipinski definition) is 2. The normalized spacial score (nSPS) is 26.7. The maximum atomic E-state index is 12.6. The molecule has 2 atom stereocenters. The predicted molar refractivity (Wildman–Crippen MR) is 88.5 cm³/mol. The number of carboxylic acids is 1. The van der Waals surface area contributed by atoms with Gasteiger partial charge in [-0.2, -0.15) is 0 Å². The second-order valence-corrected chi connectivity index (χ2v) is 6.19. The molecule has 3 aliphatic rings. The number of carbonyl (C=O) groups is 3. The van der Waals surface area contributed by atoms with Crippen molar-refractivity contribution in [1.29, 1.82) is 0 Å². The molecule has 1 aromatic rings. The van der Waals surface area contributed by atoms with Gasteiger partial charge in [0.1, 0.15) is 18.5 Å². The number of amides is 2. The van der Waals surface area contributed by atoms with E-state index in [1.807, 2.05) is 0 Å². The van der Waals surface area contributed by atoms with Gasteiger partial charge in [0.15, 0.2) is 11.5 Å². The average molecular weight is 356 g/mol. The van der Waals surface area contributed by atoms with Crippen molar-refractivity contribution in [1.82, 2.24) is 9.88 Å². The van der Waals surface area contributed by atoms with Crippen LogP contribution >= 0.6 is 0 Å². The number of carboxylic acid groups (broad SMARTS) is 1. The van der Waals surface area contributed by atoms with Gasteiger partial charge in [-0.05, 0) is 24.6 Å². The van der Waals surface area contributed by atoms with Crippen molar-refractivity contribution >= 4 is 23.6 Å². The van der Waals surface area contributed by atoms with Crippen LogP contribution in [0.5, 0.6) is 0 Å². The van der Waals surface area contributed by atoms with Gasteiger partial charge < -0.3 is 15.6 Å². The number of nitrogens with two attached hydrogens (primary N) is 1. The molecule has 0 saturated carbocycles. The van der Waals surface area contributed by atoms with E-state index >= 15 is 0 Å². The van der Waals surface area contributed by atoms with Crippen molar-refractivity contribution in [2.75, 3.05) is 18.1 Å². The largest absolute Gasteiger partial charge is 0.489 e. The lowest BCUT2D eigenvalue weighted by molar-refractivity contribution is -0.156. The van der Waals surface area contributed by atoms with Crippen molar-refractivity contribution in [3.05, 3.63) is 47.5 Å². The molecular formula is C17H16N4O5. The van der Waals surface area contributed by atoms with Crippen LogP contribution in [0.2, 0.25) is 0 Å². The van der Waals surface area contributed by atoms with Crippen molar-refractivity contribution in [2.24, 2.45) is 5.73 Å². The Bertz CT molecular complexity index is 863. The minimum atomic E-state index is -1.30. The maximum absolute atomic E-state index is 12.6. The molecule has 3 N–H and O–H groups in total. The highest BCUT2D eigenvalue weighted by atomic mass is 16.5. The van der Waals surface area contributed by atoms with E-state index in [2.05, 4.69) is 4.98 Å². The molecule has 9 nitrogen and oxygen atoms in total. The van der Waals surface area contributed by atoms with Gasteiger partial charge in [-0.1, -0.05) is 6.07 Å². The summed E-state index contributed by atoms with van der Waals surface area (Å²) >= 11 is 0. The highest BCUT2D eigenvalue weighted by molar-refractivity contribution is 6.08. The molecule has 0 aliphatic carbocycles. The Morgan fingerprint density at radius 1 is 1.38 bits per heavy atom. The fourth-order valence-electron chi connectivity index (χ4n) is 3.34. The van der Waals surface area contributed by atoms with Gasteiger partial charge in [0, 0.05) is 18.3 Å². The Kier molecular flexibility index (Phi) is 3.73. The summed E-state index contributed by atoms with van der Waals surface area (Å²) in [4.78, 5) is 43.0. The maximum Gasteiger partial charge on any atom is 0.356 e. The van der Waals surface area contributed by atoms with Crippen LogP contribution in [0.3, 0.4) is 0 Å². The summed E-state index contributed by atoms with van der Waals surface area (Å²) in [6.07, 6.45) is 3.42. The molecule has 2 saturated heterocycles. The number of aliphatic carboxylic acids is 1. The number of anilines is 1. The van der Waals surface area contributed by atoms with Crippen LogP contribution in [-0.4, -0.2) is 58.0 Å². The lowest BCUT2D eigenvalue weighted by Gasteiger charge is -2.47. The van der Waals surface area contributed by atoms with Crippen LogP contribution in [0.25, 0.3) is 0 Å². The number of fused-ring (bicyclic) bond motifs is 1. The SMILES string of the molecule is N[C@@H]1C(=O)N2C(C(=O)O)=C(C=C3CCN(c4ccccn4)C3=O)OC[C@H]12. The molecule has 0 bridgehead atoms. The number of allylic oxidation sites excluding steroid dienone is 1. The van der Waals surface area contributed by atoms with Crippen molar-refractivity contribution in [3.63, 3.8) is 0 Å². The van der Waals surface area contributed by atoms with Gasteiger partial charge >= 0.3 is 5.97 Å². The van der Waals surface area contributed by atoms with E-state index in [0.29, 0.717) is 24.4 Å². The molecule has 4 rings (SSSR count). The van der Waals surface area contributed by atoms with Crippen molar-refractivity contribution < 1.29 is 24.2 Å². The van der Waals surface area contributed by atoms with E-state index in [0.717, 1.165) is 4.90 Å². The lowest BCUT2D eigenvalue weighted by atomic mass is 9.93. The van der Waals surface area contributed by atoms with Gasteiger partial charge in [-0.3, -0.25) is 19.4 Å². The summed E-state index contributed by atoms with van der Waals surface area (Å²) < 4.78 is 5.52. The summed E-state index contributed by atoms with van der Waals surface area (Å²) in [6, 6.07) is 4.02. The molecule has 4 heterocycles. The van der Waals surface area contributed by atoms with Gasteiger partial charge in [0.25, 0.3) is 5.91 Å². The van der Waals surface area contributed by atoms with Crippen LogP contribution in [-0.2, 0) is 19.1 Å². The average Bonchev–Trinajstić information content (AvgIpc) is 3.01. The van der Waals surface area contributed by atoms with Crippen LogP contribution in [0, 0.1) is 0 Å². The van der Waals surface area contributed by atoms with Crippen LogP contribution in [0.4, 0.5) is 5.82 Å². The first kappa shape index (κ1) is 16.3. The molecule has 3 aliphatic heterocycles. The van der Waals surface area contributed by atoms with E-state index in [1.165, 1.54) is 11.0 Å². The molecule has 2 amide bonds. The van der Waals surface area contributed by atoms with E-state index in [9.17, 15) is 19.5 Å². The third kappa shape index (κ3) is 2.36. The second-order valence-electron chi connectivity index (χ2n) is 6.19. The Morgan fingerprint density at radius 3 is 2.88 bits per heavy atom. The monoisotopic (exact) mass is 356 g/mol. The minimum Gasteiger partial charge on any atom is -0.489 e. The first-order chi connectivity index (χ1) is 12.5. The molecule has 0 aromatic carbocycles. The van der Waals surface area contributed by atoms with Gasteiger partial charge in [0.05, 0.1) is 6.04 Å². The predicted octanol–water partition coefficient (Wildman–Crippen LogP) is -0.391. The fourth-order valence-corrected chi connectivity index (χ4v) is 3.34. The molecular weight excluding hydrogens is 340 g/mol. The number of β-lactam (4-membered cyclic amide) rings is 1. The van der Waals surface area contributed by atoms with Crippen LogP contribution in [0.15, 0.2) is 47.5 Å². The molecule has 26 heavy (non-hydrogen) atoms. The first-order valence-electron chi connectivity index (χ1n) is 8.11. The lowest BCUT2D eigenvalue weighted by Crippen LogP contribution is -2.71. The molecule has 134 valence electrons. The van der Waals surface area contributed by atoms with E-state index in [-0.39, 0.29) is 24.0 Å². The summed E-state index contributed by atoms with van der Waals surface area (Å²) in [5.41, 5.74) is 5.81. The number of carbonyl (C=O) groups excluding carboxylic acids is 2. The molecule has 0 unspecified atom stereocenters. The Hall–Kier alpha value is -3.20. The topological polar surface area (TPSA) is 126 Å². The highest BCUT2D eigenvalue weighted by Gasteiger charge is 2.52. The minimum absolute atomic E-state index is 0.000205. The van der Waals surface area contributed by atoms with E-state index in [4.69, 9.17) is 10.5 Å². The van der Waals surface area contributed by atoms with E-state index < -0.39 is 24.0 Å². The molecule has 1 aromatic heterocycles. The Labute approximate surface area is 148 Å². The first-order valence-corrected chi connectivity index (χ1v) is 8.11. The van der Waals surface area contributed by atoms with Crippen molar-refractivity contribution in [3.8, 4) is 0 Å². The number of ether oxygens (including phenoxy) is 1. The number of nitrogens with zero attached hydrogens (tertiary/aromatic N) is 3. The summed E-state index contributed by atoms with van der Waals surface area (Å²) in [7, 11) is 0. The summed E-state index contributed by atoms with van der Waals surface area (Å²) in [5, 5.41) is 9.50. The van der Waals surface area contributed by atoms with Crippen LogP contribution < -0.4 is 10.6 Å². The molecule has 0 radical (unpaired) electrons. The van der Waals surface area contributed by atoms with E-state index in [1.54, 1.807) is 24.4 Å². The molecule has 0 spiro atoms. The zero-order valence-corrected chi connectivity index (χ0v) is 13.7. The summed E-state index contributed by atoms with van der Waals surface area (Å²) in [5.74, 6) is -1.49. The zero-order valence-electron chi connectivity index (χ0n) is 13.7. The fraction of sp³-hybridized carbons (Fsp3) is 0.294.